The van der Waals surface area contributed by atoms with E-state index in [9.17, 15) is 0 Å². The molecular formula is C18H21NS. The number of thioether (sulfide) groups is 1. The summed E-state index contributed by atoms with van der Waals surface area (Å²) in [7, 11) is 0. The normalized spacial score (nSPS) is 26.4. The Bertz CT molecular complexity index is 526. The molecule has 1 nitrogen and oxygen atoms in total. The van der Waals surface area contributed by atoms with Crippen LogP contribution in [0, 0.1) is 0 Å². The van der Waals surface area contributed by atoms with E-state index < -0.39 is 0 Å². The standard InChI is InChI=1S/C18H21NS/c1-14-13-19-17(12-15-8-4-2-5-9-15)18(20-14)16-10-6-3-7-11-16/h2-11,14,17-19H,12-13H2,1H3. The maximum atomic E-state index is 3.75. The Kier molecular flexibility index (Phi) is 4.44. The lowest BCUT2D eigenvalue weighted by atomic mass is 9.98. The summed E-state index contributed by atoms with van der Waals surface area (Å²) in [5, 5.41) is 4.96. The number of hydrogen-bond donors (Lipinski definition) is 1. The van der Waals surface area contributed by atoms with Crippen LogP contribution in [0.15, 0.2) is 60.7 Å². The third-order valence-electron chi connectivity index (χ3n) is 3.84. The van der Waals surface area contributed by atoms with Gasteiger partial charge in [-0.3, -0.25) is 0 Å². The summed E-state index contributed by atoms with van der Waals surface area (Å²) in [6.45, 7) is 3.41. The van der Waals surface area contributed by atoms with Gasteiger partial charge in [-0.05, 0) is 17.5 Å². The molecule has 3 unspecified atom stereocenters. The predicted octanol–water partition coefficient (Wildman–Crippen LogP) is 4.06. The first-order valence-corrected chi connectivity index (χ1v) is 8.25. The molecule has 1 heterocycles. The number of hydrogen-bond acceptors (Lipinski definition) is 2. The van der Waals surface area contributed by atoms with Crippen LogP contribution >= 0.6 is 11.8 Å². The lowest BCUT2D eigenvalue weighted by molar-refractivity contribution is 0.481. The highest BCUT2D eigenvalue weighted by Gasteiger charge is 2.29. The van der Waals surface area contributed by atoms with Crippen LogP contribution < -0.4 is 5.32 Å². The molecule has 1 aliphatic rings. The van der Waals surface area contributed by atoms with Crippen molar-refractivity contribution in [3.63, 3.8) is 0 Å². The summed E-state index contributed by atoms with van der Waals surface area (Å²) in [6.07, 6.45) is 1.10. The summed E-state index contributed by atoms with van der Waals surface area (Å²) in [5.74, 6) is 0. The molecule has 1 saturated heterocycles. The minimum atomic E-state index is 0.515. The van der Waals surface area contributed by atoms with Crippen molar-refractivity contribution in [1.82, 2.24) is 5.32 Å². The van der Waals surface area contributed by atoms with Crippen molar-refractivity contribution in [3.8, 4) is 0 Å². The maximum Gasteiger partial charge on any atom is 0.0456 e. The molecule has 104 valence electrons. The molecular weight excluding hydrogens is 262 g/mol. The van der Waals surface area contributed by atoms with Gasteiger partial charge in [0.15, 0.2) is 0 Å². The van der Waals surface area contributed by atoms with Crippen LogP contribution in [0.5, 0.6) is 0 Å². The van der Waals surface area contributed by atoms with Gasteiger partial charge >= 0.3 is 0 Å². The van der Waals surface area contributed by atoms with Crippen LogP contribution in [0.1, 0.15) is 23.3 Å². The molecule has 2 aromatic rings. The van der Waals surface area contributed by atoms with Crippen LogP contribution in [0.2, 0.25) is 0 Å². The largest absolute Gasteiger partial charge is 0.311 e. The minimum absolute atomic E-state index is 0.515. The zero-order valence-corrected chi connectivity index (χ0v) is 12.6. The van der Waals surface area contributed by atoms with Gasteiger partial charge in [-0.2, -0.15) is 0 Å². The van der Waals surface area contributed by atoms with E-state index in [0.29, 0.717) is 16.5 Å². The van der Waals surface area contributed by atoms with Gasteiger partial charge in [0.05, 0.1) is 0 Å². The lowest BCUT2D eigenvalue weighted by Crippen LogP contribution is -2.44. The third-order valence-corrected chi connectivity index (χ3v) is 5.36. The summed E-state index contributed by atoms with van der Waals surface area (Å²) in [5.41, 5.74) is 2.86. The second kappa shape index (κ2) is 6.47. The predicted molar refractivity (Wildman–Crippen MR) is 88.2 cm³/mol. The molecule has 20 heavy (non-hydrogen) atoms. The molecule has 1 fully saturated rings. The van der Waals surface area contributed by atoms with Crippen molar-refractivity contribution in [2.75, 3.05) is 6.54 Å². The monoisotopic (exact) mass is 283 g/mol. The molecule has 3 atom stereocenters. The van der Waals surface area contributed by atoms with E-state index in [0.717, 1.165) is 13.0 Å². The first-order valence-electron chi connectivity index (χ1n) is 7.30. The van der Waals surface area contributed by atoms with Crippen LogP contribution in [0.3, 0.4) is 0 Å². The van der Waals surface area contributed by atoms with Crippen LogP contribution in [0.25, 0.3) is 0 Å². The summed E-state index contributed by atoms with van der Waals surface area (Å²) < 4.78 is 0. The van der Waals surface area contributed by atoms with Gasteiger partial charge < -0.3 is 5.32 Å². The fourth-order valence-corrected chi connectivity index (χ4v) is 4.21. The van der Waals surface area contributed by atoms with Gasteiger partial charge in [-0.15, -0.1) is 11.8 Å². The van der Waals surface area contributed by atoms with Crippen molar-refractivity contribution >= 4 is 11.8 Å². The topological polar surface area (TPSA) is 12.0 Å². The van der Waals surface area contributed by atoms with E-state index in [4.69, 9.17) is 0 Å². The molecule has 0 spiro atoms. The fraction of sp³-hybridized carbons (Fsp3) is 0.333. The molecule has 0 bridgehead atoms. The minimum Gasteiger partial charge on any atom is -0.311 e. The fourth-order valence-electron chi connectivity index (χ4n) is 2.82. The number of rotatable bonds is 3. The van der Waals surface area contributed by atoms with E-state index in [-0.39, 0.29) is 0 Å². The molecule has 2 heteroatoms. The molecule has 1 N–H and O–H groups in total. The summed E-state index contributed by atoms with van der Waals surface area (Å²) in [4.78, 5) is 0. The van der Waals surface area contributed by atoms with Gasteiger partial charge in [0.1, 0.15) is 0 Å². The van der Waals surface area contributed by atoms with Crippen molar-refractivity contribution in [3.05, 3.63) is 71.8 Å². The third kappa shape index (κ3) is 3.25. The van der Waals surface area contributed by atoms with Crippen LogP contribution in [0.4, 0.5) is 0 Å². The molecule has 0 aromatic heterocycles. The second-order valence-corrected chi connectivity index (χ2v) is 7.07. The van der Waals surface area contributed by atoms with Crippen LogP contribution in [-0.4, -0.2) is 17.8 Å². The first-order chi connectivity index (χ1) is 9.83. The Morgan fingerprint density at radius 3 is 2.35 bits per heavy atom. The van der Waals surface area contributed by atoms with Gasteiger partial charge in [0.2, 0.25) is 0 Å². The van der Waals surface area contributed by atoms with Crippen molar-refractivity contribution in [1.29, 1.82) is 0 Å². The number of nitrogens with one attached hydrogen (secondary N) is 1. The molecule has 0 radical (unpaired) electrons. The van der Waals surface area contributed by atoms with Crippen molar-refractivity contribution in [2.24, 2.45) is 0 Å². The van der Waals surface area contributed by atoms with Crippen molar-refractivity contribution < 1.29 is 0 Å². The Morgan fingerprint density at radius 1 is 1.00 bits per heavy atom. The average molecular weight is 283 g/mol. The van der Waals surface area contributed by atoms with E-state index in [1.54, 1.807) is 0 Å². The Labute approximate surface area is 125 Å². The van der Waals surface area contributed by atoms with Gasteiger partial charge in [0, 0.05) is 23.1 Å². The zero-order valence-electron chi connectivity index (χ0n) is 11.8. The van der Waals surface area contributed by atoms with E-state index in [1.165, 1.54) is 11.1 Å². The van der Waals surface area contributed by atoms with E-state index in [2.05, 4.69) is 84.7 Å². The highest BCUT2D eigenvalue weighted by atomic mass is 32.2. The van der Waals surface area contributed by atoms with E-state index >= 15 is 0 Å². The smallest absolute Gasteiger partial charge is 0.0456 e. The zero-order chi connectivity index (χ0) is 13.8. The highest BCUT2D eigenvalue weighted by molar-refractivity contribution is 8.00. The Morgan fingerprint density at radius 2 is 1.65 bits per heavy atom. The average Bonchev–Trinajstić information content (AvgIpc) is 2.51. The molecule has 0 amide bonds. The van der Waals surface area contributed by atoms with Crippen LogP contribution in [-0.2, 0) is 6.42 Å². The molecule has 0 saturated carbocycles. The van der Waals surface area contributed by atoms with Gasteiger partial charge in [-0.1, -0.05) is 67.6 Å². The SMILES string of the molecule is CC1CNC(Cc2ccccc2)C(c2ccccc2)S1. The quantitative estimate of drug-likeness (QED) is 0.911. The number of benzene rings is 2. The van der Waals surface area contributed by atoms with Gasteiger partial charge in [-0.25, -0.2) is 0 Å². The van der Waals surface area contributed by atoms with Crippen molar-refractivity contribution in [2.45, 2.75) is 29.9 Å². The highest BCUT2D eigenvalue weighted by Crippen LogP contribution is 2.39. The second-order valence-electron chi connectivity index (χ2n) is 5.48. The summed E-state index contributed by atoms with van der Waals surface area (Å²) >= 11 is 2.10. The lowest BCUT2D eigenvalue weighted by Gasteiger charge is -2.36. The summed E-state index contributed by atoms with van der Waals surface area (Å²) in [6, 6.07) is 22.2. The Balaban J connectivity index is 1.80. The van der Waals surface area contributed by atoms with Gasteiger partial charge in [0.25, 0.3) is 0 Å². The molecule has 1 aliphatic heterocycles. The maximum absolute atomic E-state index is 3.75. The Hall–Kier alpha value is -1.25. The first kappa shape index (κ1) is 13.7. The molecule has 0 aliphatic carbocycles. The molecule has 3 rings (SSSR count). The van der Waals surface area contributed by atoms with E-state index in [1.807, 2.05) is 0 Å². The molecule has 2 aromatic carbocycles.